The molecule has 0 fully saturated rings. The molecule has 0 unspecified atom stereocenters. The van der Waals surface area contributed by atoms with Crippen LogP contribution in [0.3, 0.4) is 0 Å². The smallest absolute Gasteiger partial charge is 0.264 e. The average Bonchev–Trinajstić information content (AvgIpc) is 3.16. The van der Waals surface area contributed by atoms with Gasteiger partial charge in [0.05, 0.1) is 4.88 Å². The summed E-state index contributed by atoms with van der Waals surface area (Å²) in [5.74, 6) is 0.0603. The van der Waals surface area contributed by atoms with Crippen molar-refractivity contribution in [1.29, 1.82) is 10.5 Å². The van der Waals surface area contributed by atoms with E-state index in [0.717, 1.165) is 22.5 Å². The summed E-state index contributed by atoms with van der Waals surface area (Å²) in [6, 6.07) is 13.2. The molecule has 6 heteroatoms. The van der Waals surface area contributed by atoms with Gasteiger partial charge in [0, 0.05) is 25.0 Å². The lowest BCUT2D eigenvalue weighted by molar-refractivity contribution is 0.0739. The number of hydrogen-bond acceptors (Lipinski definition) is 5. The summed E-state index contributed by atoms with van der Waals surface area (Å²) in [5.41, 5.74) is 3.12. The molecule has 2 heterocycles. The van der Waals surface area contributed by atoms with Gasteiger partial charge in [-0.3, -0.25) is 4.79 Å². The van der Waals surface area contributed by atoms with E-state index in [4.69, 9.17) is 10.5 Å². The monoisotopic (exact) mass is 334 g/mol. The maximum atomic E-state index is 12.5. The molecule has 1 aliphatic rings. The largest absolute Gasteiger partial charge is 0.360 e. The molecule has 1 amide bonds. The van der Waals surface area contributed by atoms with Crippen molar-refractivity contribution >= 4 is 22.9 Å². The number of carbonyl (C=O) groups excluding carboxylic acids is 1. The first-order valence-corrected chi connectivity index (χ1v) is 8.30. The number of carbonyl (C=O) groups is 1. The SMILES string of the molecule is N#CC(C#N)=CNc1ccc2c(c1)CN(C(=O)c1cccs1)CC2. The number of fused-ring (bicyclic) bond motifs is 1. The summed E-state index contributed by atoms with van der Waals surface area (Å²) in [5, 5.41) is 22.4. The second kappa shape index (κ2) is 6.99. The molecular weight excluding hydrogens is 320 g/mol. The van der Waals surface area contributed by atoms with Crippen LogP contribution in [0.5, 0.6) is 0 Å². The second-order valence-corrected chi connectivity index (χ2v) is 6.31. The topological polar surface area (TPSA) is 79.9 Å². The first kappa shape index (κ1) is 15.8. The molecule has 0 saturated heterocycles. The van der Waals surface area contributed by atoms with Crippen LogP contribution in [-0.2, 0) is 13.0 Å². The van der Waals surface area contributed by atoms with Crippen molar-refractivity contribution in [3.8, 4) is 12.1 Å². The minimum atomic E-state index is 0.0159. The predicted molar refractivity (Wildman–Crippen MR) is 92.1 cm³/mol. The van der Waals surface area contributed by atoms with E-state index in [-0.39, 0.29) is 11.5 Å². The lowest BCUT2D eigenvalue weighted by Crippen LogP contribution is -2.35. The van der Waals surface area contributed by atoms with Gasteiger partial charge >= 0.3 is 0 Å². The van der Waals surface area contributed by atoms with Crippen LogP contribution in [0.1, 0.15) is 20.8 Å². The zero-order valence-corrected chi connectivity index (χ0v) is 13.6. The van der Waals surface area contributed by atoms with E-state index in [1.54, 1.807) is 0 Å². The van der Waals surface area contributed by atoms with Crippen molar-refractivity contribution in [3.05, 3.63) is 63.5 Å². The fourth-order valence-electron chi connectivity index (χ4n) is 2.62. The number of anilines is 1. The number of thiophene rings is 1. The zero-order valence-electron chi connectivity index (χ0n) is 12.8. The Hall–Kier alpha value is -3.09. The summed E-state index contributed by atoms with van der Waals surface area (Å²) in [7, 11) is 0. The van der Waals surface area contributed by atoms with E-state index in [1.165, 1.54) is 23.1 Å². The van der Waals surface area contributed by atoms with E-state index in [2.05, 4.69) is 5.32 Å². The number of benzene rings is 1. The van der Waals surface area contributed by atoms with Crippen LogP contribution in [0.15, 0.2) is 47.5 Å². The fraction of sp³-hybridized carbons (Fsp3) is 0.167. The molecule has 1 aromatic heterocycles. The Kier molecular flexibility index (Phi) is 4.60. The second-order valence-electron chi connectivity index (χ2n) is 5.36. The Balaban J connectivity index is 1.77. The summed E-state index contributed by atoms with van der Waals surface area (Å²) in [6.07, 6.45) is 2.21. The number of hydrogen-bond donors (Lipinski definition) is 1. The number of nitrogens with one attached hydrogen (secondary N) is 1. The molecule has 0 atom stereocenters. The minimum absolute atomic E-state index is 0.0159. The van der Waals surface area contributed by atoms with Gasteiger partial charge in [-0.1, -0.05) is 12.1 Å². The van der Waals surface area contributed by atoms with Gasteiger partial charge in [0.2, 0.25) is 0 Å². The highest BCUT2D eigenvalue weighted by Crippen LogP contribution is 2.24. The quantitative estimate of drug-likeness (QED) is 0.874. The molecule has 0 radical (unpaired) electrons. The molecule has 1 aromatic carbocycles. The van der Waals surface area contributed by atoms with Gasteiger partial charge in [-0.2, -0.15) is 10.5 Å². The van der Waals surface area contributed by atoms with Gasteiger partial charge in [0.25, 0.3) is 5.91 Å². The highest BCUT2D eigenvalue weighted by molar-refractivity contribution is 7.12. The predicted octanol–water partition coefficient (Wildman–Crippen LogP) is 3.29. The normalized spacial score (nSPS) is 12.5. The van der Waals surface area contributed by atoms with Crippen LogP contribution in [0.25, 0.3) is 0 Å². The van der Waals surface area contributed by atoms with Crippen LogP contribution in [0.2, 0.25) is 0 Å². The summed E-state index contributed by atoms with van der Waals surface area (Å²) in [4.78, 5) is 15.1. The van der Waals surface area contributed by atoms with Crippen LogP contribution < -0.4 is 5.32 Å². The Morgan fingerprint density at radius 2 is 2.08 bits per heavy atom. The summed E-state index contributed by atoms with van der Waals surface area (Å²) >= 11 is 1.45. The Labute approximate surface area is 144 Å². The lowest BCUT2D eigenvalue weighted by atomic mass is 9.99. The van der Waals surface area contributed by atoms with Crippen molar-refractivity contribution < 1.29 is 4.79 Å². The summed E-state index contributed by atoms with van der Waals surface area (Å²) < 4.78 is 0. The third-order valence-electron chi connectivity index (χ3n) is 3.86. The molecule has 0 saturated carbocycles. The number of rotatable bonds is 3. The van der Waals surface area contributed by atoms with Crippen molar-refractivity contribution in [2.75, 3.05) is 11.9 Å². The molecule has 5 nitrogen and oxygen atoms in total. The number of allylic oxidation sites excluding steroid dienone is 1. The molecule has 0 bridgehead atoms. The maximum absolute atomic E-state index is 12.5. The highest BCUT2D eigenvalue weighted by Gasteiger charge is 2.22. The van der Waals surface area contributed by atoms with Crippen LogP contribution in [0, 0.1) is 22.7 Å². The molecule has 0 aliphatic carbocycles. The summed E-state index contributed by atoms with van der Waals surface area (Å²) in [6.45, 7) is 1.28. The number of nitriles is 2. The fourth-order valence-corrected chi connectivity index (χ4v) is 3.31. The van der Waals surface area contributed by atoms with E-state index in [9.17, 15) is 4.79 Å². The first-order valence-electron chi connectivity index (χ1n) is 7.43. The zero-order chi connectivity index (χ0) is 16.9. The highest BCUT2D eigenvalue weighted by atomic mass is 32.1. The van der Waals surface area contributed by atoms with Crippen molar-refractivity contribution in [2.24, 2.45) is 0 Å². The molecule has 1 N–H and O–H groups in total. The van der Waals surface area contributed by atoms with Crippen LogP contribution in [0.4, 0.5) is 5.69 Å². The van der Waals surface area contributed by atoms with Crippen molar-refractivity contribution in [2.45, 2.75) is 13.0 Å². The number of amides is 1. The van der Waals surface area contributed by atoms with Gasteiger partial charge in [0.1, 0.15) is 17.7 Å². The Bertz CT molecular complexity index is 855. The Morgan fingerprint density at radius 3 is 2.79 bits per heavy atom. The van der Waals surface area contributed by atoms with Crippen LogP contribution in [-0.4, -0.2) is 17.4 Å². The van der Waals surface area contributed by atoms with E-state index >= 15 is 0 Å². The van der Waals surface area contributed by atoms with Gasteiger partial charge in [-0.15, -0.1) is 11.3 Å². The molecular formula is C18H14N4OS. The van der Waals surface area contributed by atoms with Gasteiger partial charge in [0.15, 0.2) is 0 Å². The number of nitrogens with zero attached hydrogens (tertiary/aromatic N) is 3. The minimum Gasteiger partial charge on any atom is -0.360 e. The van der Waals surface area contributed by atoms with E-state index < -0.39 is 0 Å². The molecule has 3 rings (SSSR count). The lowest BCUT2D eigenvalue weighted by Gasteiger charge is -2.29. The Morgan fingerprint density at radius 1 is 1.25 bits per heavy atom. The molecule has 24 heavy (non-hydrogen) atoms. The molecule has 0 spiro atoms. The molecule has 118 valence electrons. The van der Waals surface area contributed by atoms with Crippen molar-refractivity contribution in [3.63, 3.8) is 0 Å². The third kappa shape index (κ3) is 3.29. The average molecular weight is 334 g/mol. The maximum Gasteiger partial charge on any atom is 0.264 e. The van der Waals surface area contributed by atoms with Crippen LogP contribution >= 0.6 is 11.3 Å². The van der Waals surface area contributed by atoms with E-state index in [1.807, 2.05) is 52.8 Å². The first-order chi connectivity index (χ1) is 11.7. The van der Waals surface area contributed by atoms with E-state index in [0.29, 0.717) is 13.1 Å². The van der Waals surface area contributed by atoms with Gasteiger partial charge in [-0.05, 0) is 41.1 Å². The van der Waals surface area contributed by atoms with Gasteiger partial charge in [-0.25, -0.2) is 0 Å². The molecule has 2 aromatic rings. The standard InChI is InChI=1S/C18H14N4OS/c19-9-13(10-20)11-21-16-4-3-14-5-6-22(12-15(14)8-16)18(23)17-2-1-7-24-17/h1-4,7-8,11,21H,5-6,12H2. The third-order valence-corrected chi connectivity index (χ3v) is 4.72. The van der Waals surface area contributed by atoms with Gasteiger partial charge < -0.3 is 10.2 Å². The molecule has 1 aliphatic heterocycles. The van der Waals surface area contributed by atoms with Crippen molar-refractivity contribution in [1.82, 2.24) is 4.90 Å².